The first-order valence-electron chi connectivity index (χ1n) is 6.28. The molecular weight excluding hydrogens is 296 g/mol. The van der Waals surface area contributed by atoms with Gasteiger partial charge in [0.25, 0.3) is 0 Å². The normalized spacial score (nSPS) is 12.6. The number of hydrogen-bond donors (Lipinski definition) is 1. The Morgan fingerprint density at radius 1 is 1.18 bits per heavy atom. The molecule has 0 radical (unpaired) electrons. The highest BCUT2D eigenvalue weighted by molar-refractivity contribution is 9.10. The lowest BCUT2D eigenvalue weighted by atomic mass is 10.1. The Kier molecular flexibility index (Phi) is 7.99. The summed E-state index contributed by atoms with van der Waals surface area (Å²) >= 11 is 5.15. The molecule has 0 spiro atoms. The first-order valence-corrected chi connectivity index (χ1v) is 8.06. The smallest absolute Gasteiger partial charge is 0.0634 e. The molecule has 1 aromatic carbocycles. The molecule has 1 aromatic rings. The van der Waals surface area contributed by atoms with E-state index in [1.54, 1.807) is 11.8 Å². The zero-order chi connectivity index (χ0) is 12.5. The van der Waals surface area contributed by atoms with Gasteiger partial charge in [-0.3, -0.25) is 0 Å². The summed E-state index contributed by atoms with van der Waals surface area (Å²) in [7, 11) is 0. The summed E-state index contributed by atoms with van der Waals surface area (Å²) in [6.45, 7) is 2.21. The summed E-state index contributed by atoms with van der Waals surface area (Å²) in [5.41, 5.74) is 0. The lowest BCUT2D eigenvalue weighted by Crippen LogP contribution is -2.09. The minimum absolute atomic E-state index is 0.166. The monoisotopic (exact) mass is 316 g/mol. The molecule has 0 aliphatic carbocycles. The maximum Gasteiger partial charge on any atom is 0.0634 e. The Labute approximate surface area is 117 Å². The van der Waals surface area contributed by atoms with E-state index in [9.17, 15) is 5.11 Å². The minimum atomic E-state index is -0.166. The van der Waals surface area contributed by atoms with Gasteiger partial charge in [0, 0.05) is 15.1 Å². The fourth-order valence-electron chi connectivity index (χ4n) is 1.61. The van der Waals surface area contributed by atoms with Crippen LogP contribution in [0.4, 0.5) is 0 Å². The van der Waals surface area contributed by atoms with Crippen molar-refractivity contribution in [1.29, 1.82) is 0 Å². The van der Waals surface area contributed by atoms with Crippen LogP contribution in [-0.4, -0.2) is 17.0 Å². The molecule has 1 atom stereocenters. The number of aliphatic hydroxyl groups is 1. The Morgan fingerprint density at radius 3 is 2.53 bits per heavy atom. The van der Waals surface area contributed by atoms with Gasteiger partial charge in [-0.15, -0.1) is 11.8 Å². The molecule has 0 aliphatic heterocycles. The number of thioether (sulfide) groups is 1. The first kappa shape index (κ1) is 15.1. The van der Waals surface area contributed by atoms with Crippen molar-refractivity contribution in [2.24, 2.45) is 0 Å². The maximum absolute atomic E-state index is 9.83. The fourth-order valence-corrected chi connectivity index (χ4v) is 2.76. The number of rotatable bonds is 8. The third-order valence-electron chi connectivity index (χ3n) is 2.65. The van der Waals surface area contributed by atoms with Crippen LogP contribution < -0.4 is 0 Å². The van der Waals surface area contributed by atoms with E-state index in [-0.39, 0.29) is 6.10 Å². The zero-order valence-corrected chi connectivity index (χ0v) is 12.8. The fraction of sp³-hybridized carbons (Fsp3) is 0.571. The molecular formula is C14H21BrOS. The maximum atomic E-state index is 9.83. The molecule has 0 saturated heterocycles. The summed E-state index contributed by atoms with van der Waals surface area (Å²) < 4.78 is 1.10. The van der Waals surface area contributed by atoms with Crippen molar-refractivity contribution < 1.29 is 5.11 Å². The number of benzene rings is 1. The van der Waals surface area contributed by atoms with Crippen molar-refractivity contribution >= 4 is 27.7 Å². The molecule has 0 bridgehead atoms. The second kappa shape index (κ2) is 9.01. The Balaban J connectivity index is 2.14. The van der Waals surface area contributed by atoms with Gasteiger partial charge in [0.1, 0.15) is 0 Å². The predicted molar refractivity (Wildman–Crippen MR) is 79.6 cm³/mol. The van der Waals surface area contributed by atoms with Crippen LogP contribution in [0.5, 0.6) is 0 Å². The Hall–Kier alpha value is 0.01000. The molecule has 17 heavy (non-hydrogen) atoms. The van der Waals surface area contributed by atoms with Crippen molar-refractivity contribution in [3.63, 3.8) is 0 Å². The van der Waals surface area contributed by atoms with Gasteiger partial charge in [-0.25, -0.2) is 0 Å². The molecule has 1 nitrogen and oxygen atoms in total. The average Bonchev–Trinajstić information content (AvgIpc) is 2.34. The number of aliphatic hydroxyl groups excluding tert-OH is 1. The van der Waals surface area contributed by atoms with Crippen LogP contribution in [0.2, 0.25) is 0 Å². The summed E-state index contributed by atoms with van der Waals surface area (Å²) in [6, 6.07) is 8.24. The van der Waals surface area contributed by atoms with Crippen molar-refractivity contribution in [2.45, 2.75) is 50.0 Å². The van der Waals surface area contributed by atoms with E-state index in [2.05, 4.69) is 35.0 Å². The van der Waals surface area contributed by atoms with E-state index >= 15 is 0 Å². The number of halogens is 1. The molecule has 1 rings (SSSR count). The van der Waals surface area contributed by atoms with E-state index in [0.29, 0.717) is 0 Å². The standard InChI is InChI=1S/C14H21BrOS/c1-2-3-4-5-6-13(16)11-17-14-9-7-12(15)8-10-14/h7-10,13,16H,2-6,11H2,1H3. The molecule has 3 heteroatoms. The van der Waals surface area contributed by atoms with Gasteiger partial charge in [-0.05, 0) is 30.7 Å². The molecule has 0 aromatic heterocycles. The number of unbranched alkanes of at least 4 members (excludes halogenated alkanes) is 3. The summed E-state index contributed by atoms with van der Waals surface area (Å²) in [5, 5.41) is 9.83. The number of hydrogen-bond acceptors (Lipinski definition) is 2. The highest BCUT2D eigenvalue weighted by Crippen LogP contribution is 2.22. The van der Waals surface area contributed by atoms with Gasteiger partial charge in [0.15, 0.2) is 0 Å². The third-order valence-corrected chi connectivity index (χ3v) is 4.33. The van der Waals surface area contributed by atoms with Gasteiger partial charge in [-0.1, -0.05) is 48.5 Å². The minimum Gasteiger partial charge on any atom is -0.392 e. The van der Waals surface area contributed by atoms with E-state index in [1.165, 1.54) is 24.2 Å². The van der Waals surface area contributed by atoms with Gasteiger partial charge in [0.2, 0.25) is 0 Å². The lowest BCUT2D eigenvalue weighted by Gasteiger charge is -2.09. The van der Waals surface area contributed by atoms with Crippen LogP contribution >= 0.6 is 27.7 Å². The van der Waals surface area contributed by atoms with Crippen molar-refractivity contribution in [1.82, 2.24) is 0 Å². The molecule has 1 N–H and O–H groups in total. The van der Waals surface area contributed by atoms with E-state index < -0.39 is 0 Å². The van der Waals surface area contributed by atoms with Crippen LogP contribution in [0.25, 0.3) is 0 Å². The highest BCUT2D eigenvalue weighted by Gasteiger charge is 2.04. The van der Waals surface area contributed by atoms with Crippen LogP contribution in [0.3, 0.4) is 0 Å². The average molecular weight is 317 g/mol. The molecule has 0 saturated carbocycles. The summed E-state index contributed by atoms with van der Waals surface area (Å²) in [5.74, 6) is 0.799. The van der Waals surface area contributed by atoms with Gasteiger partial charge < -0.3 is 5.11 Å². The van der Waals surface area contributed by atoms with E-state index in [4.69, 9.17) is 0 Å². The first-order chi connectivity index (χ1) is 8.22. The highest BCUT2D eigenvalue weighted by atomic mass is 79.9. The Morgan fingerprint density at radius 2 is 1.88 bits per heavy atom. The van der Waals surface area contributed by atoms with E-state index in [1.807, 2.05) is 12.1 Å². The van der Waals surface area contributed by atoms with Crippen LogP contribution in [-0.2, 0) is 0 Å². The van der Waals surface area contributed by atoms with Crippen LogP contribution in [0.1, 0.15) is 39.0 Å². The van der Waals surface area contributed by atoms with Crippen LogP contribution in [0.15, 0.2) is 33.6 Å². The molecule has 1 unspecified atom stereocenters. The third kappa shape index (κ3) is 7.12. The zero-order valence-electron chi connectivity index (χ0n) is 10.4. The second-order valence-electron chi connectivity index (χ2n) is 4.27. The lowest BCUT2D eigenvalue weighted by molar-refractivity contribution is 0.185. The molecule has 96 valence electrons. The molecule has 0 amide bonds. The topological polar surface area (TPSA) is 20.2 Å². The van der Waals surface area contributed by atoms with Crippen molar-refractivity contribution in [2.75, 3.05) is 5.75 Å². The van der Waals surface area contributed by atoms with Gasteiger partial charge >= 0.3 is 0 Å². The largest absolute Gasteiger partial charge is 0.392 e. The molecule has 0 fully saturated rings. The molecule has 0 heterocycles. The van der Waals surface area contributed by atoms with Gasteiger partial charge in [0.05, 0.1) is 6.10 Å². The Bertz CT molecular complexity index is 300. The quantitative estimate of drug-likeness (QED) is 0.545. The summed E-state index contributed by atoms with van der Waals surface area (Å²) in [6.07, 6.45) is 5.70. The molecule has 0 aliphatic rings. The van der Waals surface area contributed by atoms with E-state index in [0.717, 1.165) is 23.1 Å². The summed E-state index contributed by atoms with van der Waals surface area (Å²) in [4.78, 5) is 1.22. The van der Waals surface area contributed by atoms with Crippen molar-refractivity contribution in [3.8, 4) is 0 Å². The van der Waals surface area contributed by atoms with Crippen molar-refractivity contribution in [3.05, 3.63) is 28.7 Å². The SMILES string of the molecule is CCCCCCC(O)CSc1ccc(Br)cc1. The second-order valence-corrected chi connectivity index (χ2v) is 6.28. The van der Waals surface area contributed by atoms with Crippen LogP contribution in [0, 0.1) is 0 Å². The van der Waals surface area contributed by atoms with Gasteiger partial charge in [-0.2, -0.15) is 0 Å². The predicted octanol–water partition coefficient (Wildman–Crippen LogP) is 4.87.